The average molecular weight is 546 g/mol. The fraction of sp³-hybridized carbons (Fsp3) is 0.440. The van der Waals surface area contributed by atoms with E-state index in [1.54, 1.807) is 12.0 Å². The molecule has 1 saturated heterocycles. The van der Waals surface area contributed by atoms with Crippen molar-refractivity contribution in [3.63, 3.8) is 0 Å². The van der Waals surface area contributed by atoms with E-state index in [1.165, 1.54) is 0 Å². The summed E-state index contributed by atoms with van der Waals surface area (Å²) in [4.78, 5) is 35.8. The van der Waals surface area contributed by atoms with Gasteiger partial charge in [-0.2, -0.15) is 0 Å². The number of carbonyl (C=O) groups is 2. The number of piperazine rings is 1. The van der Waals surface area contributed by atoms with Crippen molar-refractivity contribution >= 4 is 56.5 Å². The minimum atomic E-state index is -0.371. The normalized spacial score (nSPS) is 20.2. The van der Waals surface area contributed by atoms with Crippen LogP contribution in [0.15, 0.2) is 52.0 Å². The zero-order chi connectivity index (χ0) is 24.1. The SMILES string of the molecule is COc1ccc(N2CCN(C(=O)CCCCCN3C(=O)C4C=C(Br)C=CC4=NC3=S)CC2)cc1. The lowest BCUT2D eigenvalue weighted by Gasteiger charge is -2.36. The molecule has 2 heterocycles. The van der Waals surface area contributed by atoms with Crippen molar-refractivity contribution in [1.82, 2.24) is 9.80 Å². The van der Waals surface area contributed by atoms with Gasteiger partial charge in [0.25, 0.3) is 0 Å². The Labute approximate surface area is 214 Å². The molecular weight excluding hydrogens is 516 g/mol. The largest absolute Gasteiger partial charge is 0.497 e. The number of methoxy groups -OCH3 is 1. The number of allylic oxidation sites excluding steroid dienone is 3. The van der Waals surface area contributed by atoms with Gasteiger partial charge in [-0.1, -0.05) is 28.4 Å². The summed E-state index contributed by atoms with van der Waals surface area (Å²) in [6.45, 7) is 3.67. The van der Waals surface area contributed by atoms with Gasteiger partial charge in [0.2, 0.25) is 16.9 Å². The van der Waals surface area contributed by atoms with Crippen molar-refractivity contribution in [2.45, 2.75) is 25.7 Å². The van der Waals surface area contributed by atoms with E-state index < -0.39 is 0 Å². The Morgan fingerprint density at radius 2 is 1.85 bits per heavy atom. The maximum Gasteiger partial charge on any atom is 0.241 e. The average Bonchev–Trinajstić information content (AvgIpc) is 2.86. The molecule has 0 N–H and O–H groups in total. The summed E-state index contributed by atoms with van der Waals surface area (Å²) in [5.41, 5.74) is 1.86. The molecular formula is C25H29BrN4O3S. The van der Waals surface area contributed by atoms with Crippen LogP contribution in [0.3, 0.4) is 0 Å². The fourth-order valence-electron chi connectivity index (χ4n) is 4.40. The van der Waals surface area contributed by atoms with Crippen molar-refractivity contribution in [3.05, 3.63) is 47.0 Å². The highest BCUT2D eigenvalue weighted by Gasteiger charge is 2.34. The number of ether oxygens (including phenoxy) is 1. The Bertz CT molecular complexity index is 1030. The third-order valence-electron chi connectivity index (χ3n) is 6.39. The number of aliphatic imine (C=N–C) groups is 1. The second-order valence-corrected chi connectivity index (χ2v) is 9.83. The maximum atomic E-state index is 12.8. The zero-order valence-electron chi connectivity index (χ0n) is 19.3. The fourth-order valence-corrected chi connectivity index (χ4v) is 5.08. The lowest BCUT2D eigenvalue weighted by atomic mass is 9.95. The summed E-state index contributed by atoms with van der Waals surface area (Å²) < 4.78 is 6.10. The number of hydrogen-bond donors (Lipinski definition) is 0. The van der Waals surface area contributed by atoms with Gasteiger partial charge in [-0.25, -0.2) is 4.99 Å². The van der Waals surface area contributed by atoms with E-state index >= 15 is 0 Å². The molecule has 0 spiro atoms. The van der Waals surface area contributed by atoms with Crippen LogP contribution in [0, 0.1) is 5.92 Å². The summed E-state index contributed by atoms with van der Waals surface area (Å²) in [5, 5.41) is 0.332. The highest BCUT2D eigenvalue weighted by atomic mass is 79.9. The van der Waals surface area contributed by atoms with E-state index in [2.05, 4.69) is 38.0 Å². The summed E-state index contributed by atoms with van der Waals surface area (Å²) >= 11 is 8.77. The molecule has 2 aliphatic heterocycles. The quantitative estimate of drug-likeness (QED) is 0.366. The van der Waals surface area contributed by atoms with Gasteiger partial charge >= 0.3 is 0 Å². The highest BCUT2D eigenvalue weighted by molar-refractivity contribution is 9.11. The summed E-state index contributed by atoms with van der Waals surface area (Å²) in [6, 6.07) is 8.04. The molecule has 9 heteroatoms. The summed E-state index contributed by atoms with van der Waals surface area (Å²) in [6.07, 6.45) is 8.57. The van der Waals surface area contributed by atoms with Gasteiger partial charge in [0, 0.05) is 49.3 Å². The first-order chi connectivity index (χ1) is 16.5. The standard InChI is InChI=1S/C25H29BrN4O3S/c1-33-20-9-7-19(8-10-20)28-13-15-29(16-14-28)23(31)5-3-2-4-12-30-24(32)21-17-18(26)6-11-22(21)27-25(30)34/h6-11,17,21H,2-5,12-16H2,1H3. The molecule has 0 saturated carbocycles. The lowest BCUT2D eigenvalue weighted by Crippen LogP contribution is -2.48. The van der Waals surface area contributed by atoms with Crippen LogP contribution in [0.4, 0.5) is 5.69 Å². The Hall–Kier alpha value is -2.52. The second kappa shape index (κ2) is 11.3. The molecule has 0 bridgehead atoms. The zero-order valence-corrected chi connectivity index (χ0v) is 21.7. The second-order valence-electron chi connectivity index (χ2n) is 8.55. The van der Waals surface area contributed by atoms with E-state index in [1.807, 2.05) is 35.3 Å². The molecule has 1 aromatic rings. The van der Waals surface area contributed by atoms with E-state index in [-0.39, 0.29) is 17.7 Å². The topological polar surface area (TPSA) is 65.5 Å². The van der Waals surface area contributed by atoms with Crippen LogP contribution < -0.4 is 9.64 Å². The van der Waals surface area contributed by atoms with Crippen molar-refractivity contribution in [2.24, 2.45) is 10.9 Å². The summed E-state index contributed by atoms with van der Waals surface area (Å²) in [7, 11) is 1.66. The molecule has 3 aliphatic rings. The molecule has 1 aliphatic carbocycles. The highest BCUT2D eigenvalue weighted by Crippen LogP contribution is 2.25. The number of fused-ring (bicyclic) bond motifs is 1. The Morgan fingerprint density at radius 3 is 2.56 bits per heavy atom. The number of amides is 2. The van der Waals surface area contributed by atoms with Gasteiger partial charge in [-0.3, -0.25) is 14.5 Å². The smallest absolute Gasteiger partial charge is 0.241 e. The van der Waals surface area contributed by atoms with Gasteiger partial charge in [0.15, 0.2) is 0 Å². The lowest BCUT2D eigenvalue weighted by molar-refractivity contribution is -0.132. The molecule has 0 aromatic heterocycles. The van der Waals surface area contributed by atoms with Gasteiger partial charge in [-0.15, -0.1) is 0 Å². The Morgan fingerprint density at radius 1 is 1.12 bits per heavy atom. The molecule has 1 aromatic carbocycles. The number of nitrogens with zero attached hydrogens (tertiary/aromatic N) is 4. The number of benzene rings is 1. The van der Waals surface area contributed by atoms with Crippen LogP contribution in [0.2, 0.25) is 0 Å². The number of unbranched alkanes of at least 4 members (excludes halogenated alkanes) is 2. The van der Waals surface area contributed by atoms with Crippen LogP contribution in [-0.4, -0.2) is 72.3 Å². The number of anilines is 1. The number of rotatable bonds is 8. The molecule has 180 valence electrons. The molecule has 0 radical (unpaired) electrons. The Kier molecular flexibility index (Phi) is 8.15. The van der Waals surface area contributed by atoms with Gasteiger partial charge in [0.1, 0.15) is 11.7 Å². The van der Waals surface area contributed by atoms with Crippen LogP contribution in [0.25, 0.3) is 0 Å². The van der Waals surface area contributed by atoms with Crippen molar-refractivity contribution in [3.8, 4) is 5.75 Å². The molecule has 1 atom stereocenters. The molecule has 1 fully saturated rings. The van der Waals surface area contributed by atoms with Crippen LogP contribution >= 0.6 is 28.1 Å². The van der Waals surface area contributed by atoms with E-state index in [4.69, 9.17) is 17.0 Å². The number of thiocarbonyl (C=S) groups is 1. The van der Waals surface area contributed by atoms with Gasteiger partial charge in [0.05, 0.1) is 12.8 Å². The first kappa shape index (κ1) is 24.6. The minimum Gasteiger partial charge on any atom is -0.497 e. The third kappa shape index (κ3) is 5.75. The molecule has 7 nitrogen and oxygen atoms in total. The van der Waals surface area contributed by atoms with Gasteiger partial charge < -0.3 is 14.5 Å². The maximum absolute atomic E-state index is 12.8. The van der Waals surface area contributed by atoms with Crippen molar-refractivity contribution in [1.29, 1.82) is 0 Å². The Balaban J connectivity index is 1.16. The molecule has 1 unspecified atom stereocenters. The number of hydrogen-bond acceptors (Lipinski definition) is 5. The van der Waals surface area contributed by atoms with Crippen molar-refractivity contribution in [2.75, 3.05) is 44.7 Å². The van der Waals surface area contributed by atoms with Crippen LogP contribution in [0.5, 0.6) is 5.75 Å². The monoisotopic (exact) mass is 544 g/mol. The number of carbonyl (C=O) groups excluding carboxylic acids is 2. The minimum absolute atomic E-state index is 0.0258. The van der Waals surface area contributed by atoms with Crippen LogP contribution in [-0.2, 0) is 9.59 Å². The van der Waals surface area contributed by atoms with E-state index in [0.717, 1.165) is 61.4 Å². The first-order valence-electron chi connectivity index (χ1n) is 11.6. The third-order valence-corrected chi connectivity index (χ3v) is 7.23. The van der Waals surface area contributed by atoms with E-state index in [9.17, 15) is 9.59 Å². The van der Waals surface area contributed by atoms with E-state index in [0.29, 0.717) is 23.8 Å². The van der Waals surface area contributed by atoms with Crippen LogP contribution in [0.1, 0.15) is 25.7 Å². The molecule has 2 amide bonds. The predicted molar refractivity (Wildman–Crippen MR) is 142 cm³/mol. The number of halogens is 1. The predicted octanol–water partition coefficient (Wildman–Crippen LogP) is 3.94. The molecule has 4 rings (SSSR count). The summed E-state index contributed by atoms with van der Waals surface area (Å²) in [5.74, 6) is 0.654. The van der Waals surface area contributed by atoms with Crippen molar-refractivity contribution < 1.29 is 14.3 Å². The molecule has 34 heavy (non-hydrogen) atoms. The van der Waals surface area contributed by atoms with Gasteiger partial charge in [-0.05, 0) is 61.5 Å². The first-order valence-corrected chi connectivity index (χ1v) is 12.8.